The molecular weight excluding hydrogens is 264 g/mol. The van der Waals surface area contributed by atoms with E-state index < -0.39 is 0 Å². The summed E-state index contributed by atoms with van der Waals surface area (Å²) in [5.74, 6) is 0.0955. The Balaban J connectivity index is 2.04. The number of aryl methyl sites for hydroxylation is 1. The third-order valence-electron chi connectivity index (χ3n) is 3.27. The Morgan fingerprint density at radius 2 is 2.05 bits per heavy atom. The van der Waals surface area contributed by atoms with Crippen LogP contribution in [-0.4, -0.2) is 15.9 Å². The average Bonchev–Trinajstić information content (AvgIpc) is 2.48. The largest absolute Gasteiger partial charge is 0.384 e. The average molecular weight is 278 g/mol. The van der Waals surface area contributed by atoms with Crippen molar-refractivity contribution in [1.29, 1.82) is 0 Å². The molecule has 104 valence electrons. The van der Waals surface area contributed by atoms with Gasteiger partial charge in [-0.05, 0) is 30.7 Å². The lowest BCUT2D eigenvalue weighted by Gasteiger charge is -2.10. The molecule has 21 heavy (non-hydrogen) atoms. The van der Waals surface area contributed by atoms with Gasteiger partial charge < -0.3 is 11.1 Å². The molecule has 0 fully saturated rings. The number of carbonyl (C=O) groups is 1. The first-order valence-electron chi connectivity index (χ1n) is 6.52. The van der Waals surface area contributed by atoms with Crippen molar-refractivity contribution in [1.82, 2.24) is 9.97 Å². The maximum absolute atomic E-state index is 12.5. The molecule has 0 aliphatic heterocycles. The second-order valence-electron chi connectivity index (χ2n) is 4.76. The zero-order chi connectivity index (χ0) is 14.8. The first kappa shape index (κ1) is 13.1. The van der Waals surface area contributed by atoms with E-state index in [2.05, 4.69) is 15.3 Å². The molecule has 1 amide bonds. The number of para-hydroxylation sites is 1. The summed E-state index contributed by atoms with van der Waals surface area (Å²) in [7, 11) is 0. The Morgan fingerprint density at radius 3 is 2.86 bits per heavy atom. The molecule has 2 aromatic heterocycles. The van der Waals surface area contributed by atoms with E-state index in [1.165, 1.54) is 0 Å². The van der Waals surface area contributed by atoms with Gasteiger partial charge in [-0.3, -0.25) is 9.78 Å². The number of nitrogens with zero attached hydrogens (tertiary/aromatic N) is 2. The Bertz CT molecular complexity index is 829. The van der Waals surface area contributed by atoms with Crippen molar-refractivity contribution in [2.75, 3.05) is 11.1 Å². The van der Waals surface area contributed by atoms with Gasteiger partial charge in [-0.2, -0.15) is 0 Å². The number of fused-ring (bicyclic) bond motifs is 1. The molecule has 0 spiro atoms. The number of hydrogen-bond acceptors (Lipinski definition) is 4. The highest BCUT2D eigenvalue weighted by atomic mass is 16.1. The van der Waals surface area contributed by atoms with Crippen molar-refractivity contribution in [3.05, 3.63) is 59.9 Å². The maximum atomic E-state index is 12.5. The van der Waals surface area contributed by atoms with E-state index in [1.54, 1.807) is 18.5 Å². The van der Waals surface area contributed by atoms with E-state index in [4.69, 9.17) is 5.73 Å². The number of hydrogen-bond donors (Lipinski definition) is 2. The predicted molar refractivity (Wildman–Crippen MR) is 83.1 cm³/mol. The summed E-state index contributed by atoms with van der Waals surface area (Å²) in [5, 5.41) is 3.63. The zero-order valence-electron chi connectivity index (χ0n) is 11.5. The van der Waals surface area contributed by atoms with Crippen LogP contribution in [0.1, 0.15) is 15.9 Å². The number of nitrogens with one attached hydrogen (secondary N) is 1. The van der Waals surface area contributed by atoms with Crippen molar-refractivity contribution < 1.29 is 4.79 Å². The van der Waals surface area contributed by atoms with Crippen LogP contribution >= 0.6 is 0 Å². The van der Waals surface area contributed by atoms with Crippen LogP contribution in [0.3, 0.4) is 0 Å². The first-order valence-corrected chi connectivity index (χ1v) is 6.52. The molecule has 3 rings (SSSR count). The Kier molecular flexibility index (Phi) is 3.23. The highest BCUT2D eigenvalue weighted by Crippen LogP contribution is 2.21. The van der Waals surface area contributed by atoms with Crippen molar-refractivity contribution in [2.24, 2.45) is 0 Å². The molecule has 0 aliphatic rings. The number of nitrogen functional groups attached to an aromatic ring is 1. The molecule has 2 heterocycles. The number of pyridine rings is 2. The first-order chi connectivity index (χ1) is 10.1. The summed E-state index contributed by atoms with van der Waals surface area (Å²) < 4.78 is 0. The zero-order valence-corrected chi connectivity index (χ0v) is 11.5. The summed E-state index contributed by atoms with van der Waals surface area (Å²) in [6.45, 7) is 1.91. The lowest BCUT2D eigenvalue weighted by Crippen LogP contribution is -2.14. The maximum Gasteiger partial charge on any atom is 0.256 e. The van der Waals surface area contributed by atoms with E-state index in [9.17, 15) is 4.79 Å². The molecule has 5 nitrogen and oxygen atoms in total. The van der Waals surface area contributed by atoms with E-state index in [1.807, 2.05) is 37.3 Å². The Hall–Kier alpha value is -2.95. The number of carbonyl (C=O) groups excluding carboxylic acids is 1. The van der Waals surface area contributed by atoms with E-state index in [0.717, 1.165) is 10.9 Å². The molecular formula is C16H14N4O. The second-order valence-corrected chi connectivity index (χ2v) is 4.76. The number of amides is 1. The van der Waals surface area contributed by atoms with Gasteiger partial charge in [0, 0.05) is 11.6 Å². The van der Waals surface area contributed by atoms with Crippen LogP contribution in [0, 0.1) is 6.92 Å². The normalized spacial score (nSPS) is 10.5. The van der Waals surface area contributed by atoms with Crippen LogP contribution in [-0.2, 0) is 0 Å². The Morgan fingerprint density at radius 1 is 1.24 bits per heavy atom. The molecule has 0 aliphatic carbocycles. The molecule has 0 saturated carbocycles. The molecule has 1 aromatic carbocycles. The summed E-state index contributed by atoms with van der Waals surface area (Å²) in [6, 6.07) is 10.8. The molecule has 3 N–H and O–H groups in total. The molecule has 0 saturated heterocycles. The van der Waals surface area contributed by atoms with E-state index >= 15 is 0 Å². The van der Waals surface area contributed by atoms with Crippen LogP contribution in [0.2, 0.25) is 0 Å². The van der Waals surface area contributed by atoms with Gasteiger partial charge in [-0.1, -0.05) is 18.2 Å². The molecule has 5 heteroatoms. The van der Waals surface area contributed by atoms with Gasteiger partial charge >= 0.3 is 0 Å². The predicted octanol–water partition coefficient (Wildman–Crippen LogP) is 2.77. The van der Waals surface area contributed by atoms with Gasteiger partial charge in [0.25, 0.3) is 5.91 Å². The molecule has 0 unspecified atom stereocenters. The molecule has 3 aromatic rings. The van der Waals surface area contributed by atoms with Crippen molar-refractivity contribution in [2.45, 2.75) is 6.92 Å². The van der Waals surface area contributed by atoms with Gasteiger partial charge in [-0.25, -0.2) is 4.98 Å². The smallest absolute Gasteiger partial charge is 0.256 e. The van der Waals surface area contributed by atoms with Gasteiger partial charge in [0.05, 0.1) is 23.0 Å². The van der Waals surface area contributed by atoms with Gasteiger partial charge in [0.15, 0.2) is 0 Å². The molecule has 0 atom stereocenters. The van der Waals surface area contributed by atoms with Gasteiger partial charge in [0.2, 0.25) is 0 Å². The highest BCUT2D eigenvalue weighted by molar-refractivity contribution is 6.13. The number of anilines is 2. The molecule has 0 bridgehead atoms. The summed E-state index contributed by atoms with van der Waals surface area (Å²) >= 11 is 0. The van der Waals surface area contributed by atoms with Crippen LogP contribution in [0.25, 0.3) is 10.9 Å². The fraction of sp³-hybridized carbons (Fsp3) is 0.0625. The SMILES string of the molecule is Cc1ccncc1NC(=O)c1cc(N)nc2ccccc12. The minimum Gasteiger partial charge on any atom is -0.384 e. The summed E-state index contributed by atoms with van der Waals surface area (Å²) in [5.41, 5.74) is 8.61. The lowest BCUT2D eigenvalue weighted by molar-refractivity contribution is 0.102. The number of rotatable bonds is 2. The minimum atomic E-state index is -0.226. The Labute approximate surface area is 121 Å². The van der Waals surface area contributed by atoms with Crippen LogP contribution in [0.5, 0.6) is 0 Å². The molecule has 0 radical (unpaired) electrons. The number of benzene rings is 1. The fourth-order valence-corrected chi connectivity index (χ4v) is 2.17. The highest BCUT2D eigenvalue weighted by Gasteiger charge is 2.13. The fourth-order valence-electron chi connectivity index (χ4n) is 2.17. The van der Waals surface area contributed by atoms with Crippen LogP contribution in [0.15, 0.2) is 48.8 Å². The topological polar surface area (TPSA) is 80.9 Å². The quantitative estimate of drug-likeness (QED) is 0.755. The lowest BCUT2D eigenvalue weighted by atomic mass is 10.1. The third-order valence-corrected chi connectivity index (χ3v) is 3.27. The number of aromatic nitrogens is 2. The van der Waals surface area contributed by atoms with E-state index in [-0.39, 0.29) is 5.91 Å². The summed E-state index contributed by atoms with van der Waals surface area (Å²) in [6.07, 6.45) is 3.31. The van der Waals surface area contributed by atoms with Crippen LogP contribution < -0.4 is 11.1 Å². The minimum absolute atomic E-state index is 0.226. The standard InChI is InChI=1S/C16H14N4O/c1-10-6-7-18-9-14(10)20-16(21)12-8-15(17)19-13-5-3-2-4-11(12)13/h2-9H,1H3,(H2,17,19)(H,20,21). The van der Waals surface area contributed by atoms with E-state index in [0.29, 0.717) is 22.6 Å². The van der Waals surface area contributed by atoms with Crippen LogP contribution in [0.4, 0.5) is 11.5 Å². The van der Waals surface area contributed by atoms with Crippen molar-refractivity contribution >= 4 is 28.3 Å². The third kappa shape index (κ3) is 2.53. The number of nitrogens with two attached hydrogens (primary N) is 1. The van der Waals surface area contributed by atoms with Crippen molar-refractivity contribution in [3.8, 4) is 0 Å². The monoisotopic (exact) mass is 278 g/mol. The second kappa shape index (κ2) is 5.20. The van der Waals surface area contributed by atoms with Gasteiger partial charge in [0.1, 0.15) is 5.82 Å². The van der Waals surface area contributed by atoms with Crippen molar-refractivity contribution in [3.63, 3.8) is 0 Å². The summed E-state index contributed by atoms with van der Waals surface area (Å²) in [4.78, 5) is 20.8. The van der Waals surface area contributed by atoms with Gasteiger partial charge in [-0.15, -0.1) is 0 Å².